The maximum absolute atomic E-state index is 13.2. The van der Waals surface area contributed by atoms with Gasteiger partial charge >= 0.3 is 0 Å². The molecule has 4 heteroatoms. The summed E-state index contributed by atoms with van der Waals surface area (Å²) in [7, 11) is 0. The zero-order chi connectivity index (χ0) is 19.3. The SMILES string of the molecule is O=C(C[C@H]1C(=O)N(c2ccccc2)C[C@@H]1c1ccccc1)Nc1ccccc1. The van der Waals surface area contributed by atoms with Gasteiger partial charge < -0.3 is 10.2 Å². The smallest absolute Gasteiger partial charge is 0.231 e. The monoisotopic (exact) mass is 370 g/mol. The summed E-state index contributed by atoms with van der Waals surface area (Å²) in [6, 6.07) is 29.0. The molecule has 0 aromatic heterocycles. The topological polar surface area (TPSA) is 49.4 Å². The minimum absolute atomic E-state index is 0.00302. The van der Waals surface area contributed by atoms with E-state index in [4.69, 9.17) is 0 Å². The number of nitrogens with zero attached hydrogens (tertiary/aromatic N) is 1. The summed E-state index contributed by atoms with van der Waals surface area (Å²) in [4.78, 5) is 27.7. The van der Waals surface area contributed by atoms with E-state index in [2.05, 4.69) is 5.32 Å². The molecule has 0 unspecified atom stereocenters. The number of hydrogen-bond donors (Lipinski definition) is 1. The van der Waals surface area contributed by atoms with Crippen LogP contribution in [0.4, 0.5) is 11.4 Å². The minimum atomic E-state index is -0.383. The number of carbonyl (C=O) groups is 2. The number of nitrogens with one attached hydrogen (secondary N) is 1. The number of benzene rings is 3. The second-order valence-electron chi connectivity index (χ2n) is 7.03. The van der Waals surface area contributed by atoms with Crippen molar-refractivity contribution in [2.75, 3.05) is 16.8 Å². The molecular weight excluding hydrogens is 348 g/mol. The molecule has 3 aromatic rings. The Morgan fingerprint density at radius 2 is 1.43 bits per heavy atom. The van der Waals surface area contributed by atoms with Crippen molar-refractivity contribution in [3.8, 4) is 0 Å². The Morgan fingerprint density at radius 3 is 2.07 bits per heavy atom. The summed E-state index contributed by atoms with van der Waals surface area (Å²) < 4.78 is 0. The van der Waals surface area contributed by atoms with Crippen molar-refractivity contribution in [1.82, 2.24) is 0 Å². The molecule has 140 valence electrons. The molecule has 0 spiro atoms. The highest BCUT2D eigenvalue weighted by Gasteiger charge is 2.42. The first kappa shape index (κ1) is 18.0. The van der Waals surface area contributed by atoms with Crippen molar-refractivity contribution in [3.63, 3.8) is 0 Å². The highest BCUT2D eigenvalue weighted by molar-refractivity contribution is 6.02. The first-order chi connectivity index (χ1) is 13.7. The average molecular weight is 370 g/mol. The molecule has 1 fully saturated rings. The second-order valence-corrected chi connectivity index (χ2v) is 7.03. The maximum atomic E-state index is 13.2. The normalized spacial score (nSPS) is 18.9. The molecule has 28 heavy (non-hydrogen) atoms. The fourth-order valence-electron chi connectivity index (χ4n) is 3.83. The lowest BCUT2D eigenvalue weighted by molar-refractivity contribution is -0.125. The van der Waals surface area contributed by atoms with Crippen LogP contribution in [-0.4, -0.2) is 18.4 Å². The van der Waals surface area contributed by atoms with Gasteiger partial charge in [-0.2, -0.15) is 0 Å². The fraction of sp³-hybridized carbons (Fsp3) is 0.167. The maximum Gasteiger partial charge on any atom is 0.231 e. The molecule has 2 atom stereocenters. The summed E-state index contributed by atoms with van der Waals surface area (Å²) in [6.07, 6.45) is 0.163. The Labute approximate surface area is 164 Å². The van der Waals surface area contributed by atoms with Gasteiger partial charge in [0, 0.05) is 30.3 Å². The van der Waals surface area contributed by atoms with Crippen LogP contribution in [0.1, 0.15) is 17.9 Å². The summed E-state index contributed by atoms with van der Waals surface area (Å²) in [5.41, 5.74) is 2.71. The second kappa shape index (κ2) is 8.09. The average Bonchev–Trinajstić information content (AvgIpc) is 3.06. The van der Waals surface area contributed by atoms with Gasteiger partial charge in [-0.15, -0.1) is 0 Å². The van der Waals surface area contributed by atoms with Crippen LogP contribution < -0.4 is 10.2 Å². The van der Waals surface area contributed by atoms with Gasteiger partial charge in [0.25, 0.3) is 0 Å². The van der Waals surface area contributed by atoms with Crippen molar-refractivity contribution < 1.29 is 9.59 Å². The molecule has 1 aliphatic rings. The molecule has 0 saturated carbocycles. The third-order valence-electron chi connectivity index (χ3n) is 5.21. The molecule has 3 aromatic carbocycles. The predicted molar refractivity (Wildman–Crippen MR) is 111 cm³/mol. The highest BCUT2D eigenvalue weighted by Crippen LogP contribution is 2.38. The number of hydrogen-bond acceptors (Lipinski definition) is 2. The molecule has 4 rings (SSSR count). The summed E-state index contributed by atoms with van der Waals surface area (Å²) in [6.45, 7) is 0.580. The number of rotatable bonds is 5. The summed E-state index contributed by atoms with van der Waals surface area (Å²) in [5, 5.41) is 2.91. The lowest BCUT2D eigenvalue weighted by atomic mass is 9.86. The molecule has 2 amide bonds. The van der Waals surface area contributed by atoms with Gasteiger partial charge in [-0.25, -0.2) is 0 Å². The Bertz CT molecular complexity index is 942. The van der Waals surface area contributed by atoms with Crippen LogP contribution in [0.15, 0.2) is 91.0 Å². The van der Waals surface area contributed by atoms with Crippen LogP contribution in [-0.2, 0) is 9.59 Å². The van der Waals surface area contributed by atoms with Gasteiger partial charge in [-0.05, 0) is 29.8 Å². The first-order valence-electron chi connectivity index (χ1n) is 9.48. The number of amides is 2. The van der Waals surface area contributed by atoms with Crippen molar-refractivity contribution in [2.24, 2.45) is 5.92 Å². The molecule has 1 heterocycles. The van der Waals surface area contributed by atoms with E-state index in [0.717, 1.165) is 16.9 Å². The number of anilines is 2. The van der Waals surface area contributed by atoms with Gasteiger partial charge in [-0.3, -0.25) is 9.59 Å². The highest BCUT2D eigenvalue weighted by atomic mass is 16.2. The third-order valence-corrected chi connectivity index (χ3v) is 5.21. The molecule has 1 saturated heterocycles. The van der Waals surface area contributed by atoms with Crippen LogP contribution in [0, 0.1) is 5.92 Å². The van der Waals surface area contributed by atoms with Crippen LogP contribution >= 0.6 is 0 Å². The molecular formula is C24H22N2O2. The zero-order valence-electron chi connectivity index (χ0n) is 15.5. The first-order valence-corrected chi connectivity index (χ1v) is 9.48. The summed E-state index contributed by atoms with van der Waals surface area (Å²) in [5.74, 6) is -0.537. The Balaban J connectivity index is 1.58. The van der Waals surface area contributed by atoms with E-state index in [1.54, 1.807) is 4.90 Å². The van der Waals surface area contributed by atoms with Crippen LogP contribution in [0.5, 0.6) is 0 Å². The molecule has 1 N–H and O–H groups in total. The van der Waals surface area contributed by atoms with Crippen molar-refractivity contribution in [1.29, 1.82) is 0 Å². The van der Waals surface area contributed by atoms with E-state index in [0.29, 0.717) is 6.54 Å². The van der Waals surface area contributed by atoms with Crippen molar-refractivity contribution >= 4 is 23.2 Å². The molecule has 4 nitrogen and oxygen atoms in total. The van der Waals surface area contributed by atoms with Crippen molar-refractivity contribution in [3.05, 3.63) is 96.6 Å². The molecule has 0 radical (unpaired) electrons. The largest absolute Gasteiger partial charge is 0.326 e. The Morgan fingerprint density at radius 1 is 0.857 bits per heavy atom. The van der Waals surface area contributed by atoms with Gasteiger partial charge in [-0.1, -0.05) is 66.7 Å². The van der Waals surface area contributed by atoms with E-state index in [1.165, 1.54) is 0 Å². The van der Waals surface area contributed by atoms with Crippen LogP contribution in [0.25, 0.3) is 0 Å². The standard InChI is InChI=1S/C24H22N2O2/c27-23(25-19-12-6-2-7-13-19)16-21-22(18-10-4-1-5-11-18)17-26(24(21)28)20-14-8-3-9-15-20/h1-15,21-22H,16-17H2,(H,25,27)/t21-,22-/m1/s1. The lowest BCUT2D eigenvalue weighted by Gasteiger charge is -2.16. The van der Waals surface area contributed by atoms with E-state index in [1.807, 2.05) is 91.0 Å². The van der Waals surface area contributed by atoms with Gasteiger partial charge in [0.2, 0.25) is 11.8 Å². The number of carbonyl (C=O) groups excluding carboxylic acids is 2. The third kappa shape index (κ3) is 3.81. The van der Waals surface area contributed by atoms with E-state index in [9.17, 15) is 9.59 Å². The van der Waals surface area contributed by atoms with Gasteiger partial charge in [0.1, 0.15) is 0 Å². The van der Waals surface area contributed by atoms with E-state index in [-0.39, 0.29) is 30.1 Å². The van der Waals surface area contributed by atoms with Crippen LogP contribution in [0.2, 0.25) is 0 Å². The Hall–Kier alpha value is -3.40. The van der Waals surface area contributed by atoms with Crippen LogP contribution in [0.3, 0.4) is 0 Å². The van der Waals surface area contributed by atoms with Gasteiger partial charge in [0.05, 0.1) is 5.92 Å². The minimum Gasteiger partial charge on any atom is -0.326 e. The molecule has 1 aliphatic heterocycles. The van der Waals surface area contributed by atoms with E-state index < -0.39 is 0 Å². The molecule has 0 bridgehead atoms. The van der Waals surface area contributed by atoms with Crippen molar-refractivity contribution in [2.45, 2.75) is 12.3 Å². The number of para-hydroxylation sites is 2. The molecule has 0 aliphatic carbocycles. The van der Waals surface area contributed by atoms with E-state index >= 15 is 0 Å². The lowest BCUT2D eigenvalue weighted by Crippen LogP contribution is -2.29. The summed E-state index contributed by atoms with van der Waals surface area (Å²) >= 11 is 0. The predicted octanol–water partition coefficient (Wildman–Crippen LogP) is 4.46. The Kier molecular flexibility index (Phi) is 5.20. The fourth-order valence-corrected chi connectivity index (χ4v) is 3.83. The van der Waals surface area contributed by atoms with Gasteiger partial charge in [0.15, 0.2) is 0 Å². The zero-order valence-corrected chi connectivity index (χ0v) is 15.5. The quantitative estimate of drug-likeness (QED) is 0.721.